The van der Waals surface area contributed by atoms with Crippen molar-refractivity contribution in [2.75, 3.05) is 0 Å². The number of fused-ring (bicyclic) bond motifs is 13. The maximum absolute atomic E-state index is 6.36. The molecule has 10 aromatic rings. The Morgan fingerprint density at radius 2 is 0.980 bits per heavy atom. The molecule has 9 aromatic carbocycles. The van der Waals surface area contributed by atoms with Gasteiger partial charge in [0.1, 0.15) is 11.2 Å². The van der Waals surface area contributed by atoms with Crippen LogP contribution in [0.4, 0.5) is 0 Å². The van der Waals surface area contributed by atoms with E-state index in [1.807, 2.05) is 0 Å². The van der Waals surface area contributed by atoms with E-state index in [0.29, 0.717) is 0 Å². The fraction of sp³-hybridized carbons (Fsp3) is 0.0400. The molecule has 1 heteroatoms. The molecule has 0 saturated heterocycles. The zero-order chi connectivity index (χ0) is 33.4. The number of hydrogen-bond donors (Lipinski definition) is 0. The van der Waals surface area contributed by atoms with Gasteiger partial charge in [-0.25, -0.2) is 0 Å². The molecule has 0 unspecified atom stereocenters. The SMILES string of the molecule is Cc1cccc(-c2ccc3c(c2)C2(c4ccccc4-c4ccccc42)c2cccc(-c4ccc5c(c4)c4cccc6oc7cccc5c7c64)c2-3)c1. The highest BCUT2D eigenvalue weighted by Crippen LogP contribution is 2.64. The van der Waals surface area contributed by atoms with Crippen molar-refractivity contribution in [2.45, 2.75) is 12.3 Å². The number of furan rings is 1. The van der Waals surface area contributed by atoms with E-state index in [1.54, 1.807) is 0 Å². The molecular weight excluding hydrogens is 617 g/mol. The summed E-state index contributed by atoms with van der Waals surface area (Å²) in [6, 6.07) is 61.3. The summed E-state index contributed by atoms with van der Waals surface area (Å²) in [6.07, 6.45) is 0. The predicted octanol–water partition coefficient (Wildman–Crippen LogP) is 13.3. The highest BCUT2D eigenvalue weighted by Gasteiger charge is 2.52. The van der Waals surface area contributed by atoms with Gasteiger partial charge < -0.3 is 4.42 Å². The van der Waals surface area contributed by atoms with Gasteiger partial charge in [0.15, 0.2) is 0 Å². The van der Waals surface area contributed by atoms with Crippen LogP contribution in [0.2, 0.25) is 0 Å². The van der Waals surface area contributed by atoms with E-state index in [9.17, 15) is 0 Å². The van der Waals surface area contributed by atoms with E-state index in [2.05, 4.69) is 171 Å². The summed E-state index contributed by atoms with van der Waals surface area (Å²) in [4.78, 5) is 0. The van der Waals surface area contributed by atoms with Gasteiger partial charge in [-0.3, -0.25) is 0 Å². The third-order valence-corrected chi connectivity index (χ3v) is 11.9. The first kappa shape index (κ1) is 27.4. The van der Waals surface area contributed by atoms with Gasteiger partial charge in [-0.2, -0.15) is 0 Å². The summed E-state index contributed by atoms with van der Waals surface area (Å²) in [5.41, 5.74) is 18.5. The molecule has 0 radical (unpaired) electrons. The van der Waals surface area contributed by atoms with Gasteiger partial charge in [-0.1, -0.05) is 145 Å². The lowest BCUT2D eigenvalue weighted by atomic mass is 9.70. The Balaban J connectivity index is 1.19. The molecule has 0 N–H and O–H groups in total. The molecule has 0 fully saturated rings. The second kappa shape index (κ2) is 9.62. The molecule has 2 aliphatic carbocycles. The van der Waals surface area contributed by atoms with Crippen molar-refractivity contribution >= 4 is 43.5 Å². The lowest BCUT2D eigenvalue weighted by molar-refractivity contribution is 0.669. The molecule has 2 aliphatic rings. The summed E-state index contributed by atoms with van der Waals surface area (Å²) >= 11 is 0. The third-order valence-electron chi connectivity index (χ3n) is 11.9. The Morgan fingerprint density at radius 1 is 0.373 bits per heavy atom. The topological polar surface area (TPSA) is 13.1 Å². The lowest BCUT2D eigenvalue weighted by Crippen LogP contribution is -2.25. The smallest absolute Gasteiger partial charge is 0.136 e. The Kier molecular flexibility index (Phi) is 5.17. The molecule has 1 spiro atoms. The van der Waals surface area contributed by atoms with Crippen LogP contribution in [0, 0.1) is 6.92 Å². The summed E-state index contributed by atoms with van der Waals surface area (Å²) in [5.74, 6) is 0. The second-order valence-corrected chi connectivity index (χ2v) is 14.4. The highest BCUT2D eigenvalue weighted by atomic mass is 16.3. The van der Waals surface area contributed by atoms with Crippen molar-refractivity contribution in [1.29, 1.82) is 0 Å². The van der Waals surface area contributed by atoms with Crippen LogP contribution in [0.5, 0.6) is 0 Å². The van der Waals surface area contributed by atoms with E-state index in [1.165, 1.54) is 105 Å². The van der Waals surface area contributed by atoms with Crippen LogP contribution in [0.15, 0.2) is 168 Å². The lowest BCUT2D eigenvalue weighted by Gasteiger charge is -2.31. The molecule has 12 rings (SSSR count). The summed E-state index contributed by atoms with van der Waals surface area (Å²) in [6.45, 7) is 2.18. The van der Waals surface area contributed by atoms with E-state index in [0.717, 1.165) is 11.2 Å². The first-order valence-electron chi connectivity index (χ1n) is 17.8. The fourth-order valence-corrected chi connectivity index (χ4v) is 9.92. The van der Waals surface area contributed by atoms with Crippen molar-refractivity contribution < 1.29 is 4.42 Å². The molecular formula is C50H30O. The summed E-state index contributed by atoms with van der Waals surface area (Å²) in [7, 11) is 0. The first-order valence-corrected chi connectivity index (χ1v) is 17.8. The molecule has 236 valence electrons. The minimum atomic E-state index is -0.422. The zero-order valence-corrected chi connectivity index (χ0v) is 28.0. The predicted molar refractivity (Wildman–Crippen MR) is 212 cm³/mol. The molecule has 0 saturated carbocycles. The number of hydrogen-bond acceptors (Lipinski definition) is 1. The molecule has 0 aliphatic heterocycles. The van der Waals surface area contributed by atoms with Gasteiger partial charge in [-0.15, -0.1) is 0 Å². The van der Waals surface area contributed by atoms with Crippen LogP contribution in [-0.2, 0) is 5.41 Å². The van der Waals surface area contributed by atoms with Crippen LogP contribution < -0.4 is 0 Å². The molecule has 0 amide bonds. The normalized spacial score (nSPS) is 13.7. The number of aryl methyl sites for hydroxylation is 1. The molecule has 0 bridgehead atoms. The van der Waals surface area contributed by atoms with Crippen molar-refractivity contribution in [3.63, 3.8) is 0 Å². The van der Waals surface area contributed by atoms with Crippen LogP contribution in [0.1, 0.15) is 27.8 Å². The average molecular weight is 647 g/mol. The van der Waals surface area contributed by atoms with E-state index < -0.39 is 5.41 Å². The van der Waals surface area contributed by atoms with E-state index >= 15 is 0 Å². The average Bonchev–Trinajstić information content (AvgIpc) is 3.82. The summed E-state index contributed by atoms with van der Waals surface area (Å²) in [5, 5.41) is 7.46. The molecule has 1 heterocycles. The largest absolute Gasteiger partial charge is 0.456 e. The maximum atomic E-state index is 6.36. The van der Waals surface area contributed by atoms with Gasteiger partial charge in [0.25, 0.3) is 0 Å². The minimum Gasteiger partial charge on any atom is -0.456 e. The van der Waals surface area contributed by atoms with Crippen molar-refractivity contribution in [1.82, 2.24) is 0 Å². The van der Waals surface area contributed by atoms with E-state index in [-0.39, 0.29) is 0 Å². The maximum Gasteiger partial charge on any atom is 0.136 e. The van der Waals surface area contributed by atoms with Crippen molar-refractivity contribution in [3.8, 4) is 44.5 Å². The highest BCUT2D eigenvalue weighted by molar-refractivity contribution is 6.33. The molecule has 0 atom stereocenters. The van der Waals surface area contributed by atoms with Gasteiger partial charge in [0.05, 0.1) is 5.41 Å². The third kappa shape index (κ3) is 3.36. The Hall–Kier alpha value is -6.44. The standard InChI is InChI=1S/C50H30O/c1-29-10-6-11-30(26-29)31-22-25-39-44(28-31)50(41-17-4-2-12-35(41)36-13-3-5-18-42(36)50)43-19-7-14-33(47(39)43)32-23-24-34-37-15-8-20-45-48(37)49-38(40(34)27-32)16-9-21-46(49)51-45/h2-28H,1H3. The monoisotopic (exact) mass is 646 g/mol. The minimum absolute atomic E-state index is 0.422. The van der Waals surface area contributed by atoms with Gasteiger partial charge >= 0.3 is 0 Å². The summed E-state index contributed by atoms with van der Waals surface area (Å²) < 4.78 is 6.36. The molecule has 1 aromatic heterocycles. The van der Waals surface area contributed by atoms with E-state index in [4.69, 9.17) is 4.42 Å². The Bertz CT molecular complexity index is 3050. The first-order chi connectivity index (χ1) is 25.2. The van der Waals surface area contributed by atoms with Crippen LogP contribution in [0.25, 0.3) is 88.0 Å². The number of rotatable bonds is 2. The van der Waals surface area contributed by atoms with Crippen LogP contribution >= 0.6 is 0 Å². The quantitative estimate of drug-likeness (QED) is 0.170. The molecule has 51 heavy (non-hydrogen) atoms. The zero-order valence-electron chi connectivity index (χ0n) is 28.0. The number of benzene rings is 9. The van der Waals surface area contributed by atoms with Crippen molar-refractivity contribution in [2.24, 2.45) is 0 Å². The Morgan fingerprint density at radius 3 is 1.73 bits per heavy atom. The van der Waals surface area contributed by atoms with Gasteiger partial charge in [0.2, 0.25) is 0 Å². The van der Waals surface area contributed by atoms with Gasteiger partial charge in [0, 0.05) is 10.8 Å². The van der Waals surface area contributed by atoms with Crippen LogP contribution in [0.3, 0.4) is 0 Å². The van der Waals surface area contributed by atoms with Crippen LogP contribution in [-0.4, -0.2) is 0 Å². The second-order valence-electron chi connectivity index (χ2n) is 14.4. The van der Waals surface area contributed by atoms with Gasteiger partial charge in [-0.05, 0) is 119 Å². The molecule has 1 nitrogen and oxygen atoms in total. The Labute approximate surface area is 295 Å². The fourth-order valence-electron chi connectivity index (χ4n) is 9.92. The van der Waals surface area contributed by atoms with Crippen molar-refractivity contribution in [3.05, 3.63) is 192 Å².